The van der Waals surface area contributed by atoms with E-state index in [9.17, 15) is 4.79 Å². The lowest BCUT2D eigenvalue weighted by molar-refractivity contribution is -0.126. The van der Waals surface area contributed by atoms with Crippen LogP contribution in [0, 0.1) is 17.8 Å². The van der Waals surface area contributed by atoms with E-state index in [1.165, 1.54) is 6.42 Å². The summed E-state index contributed by atoms with van der Waals surface area (Å²) in [6.45, 7) is 6.54. The van der Waals surface area contributed by atoms with Gasteiger partial charge in [-0.2, -0.15) is 0 Å². The summed E-state index contributed by atoms with van der Waals surface area (Å²) < 4.78 is 0. The van der Waals surface area contributed by atoms with E-state index in [2.05, 4.69) is 24.5 Å². The summed E-state index contributed by atoms with van der Waals surface area (Å²) in [6, 6.07) is 0.420. The normalized spacial score (nSPS) is 38.7. The third-order valence-corrected chi connectivity index (χ3v) is 4.19. The molecule has 1 saturated heterocycles. The quantitative estimate of drug-likeness (QED) is 0.772. The Kier molecular flexibility index (Phi) is 4.43. The van der Waals surface area contributed by atoms with Gasteiger partial charge in [-0.05, 0) is 50.5 Å². The zero-order valence-electron chi connectivity index (χ0n) is 11.2. The van der Waals surface area contributed by atoms with Gasteiger partial charge in [-0.1, -0.05) is 13.8 Å². The zero-order chi connectivity index (χ0) is 12.3. The molecule has 3 atom stereocenters. The van der Waals surface area contributed by atoms with Gasteiger partial charge in [-0.3, -0.25) is 4.79 Å². The van der Waals surface area contributed by atoms with Crippen molar-refractivity contribution in [3.8, 4) is 0 Å². The number of piperidine rings is 1. The first kappa shape index (κ1) is 12.9. The van der Waals surface area contributed by atoms with Crippen molar-refractivity contribution < 1.29 is 4.79 Å². The fourth-order valence-electron chi connectivity index (χ4n) is 3.46. The molecule has 98 valence electrons. The molecule has 1 aliphatic heterocycles. The molecule has 0 aromatic heterocycles. The van der Waals surface area contributed by atoms with Gasteiger partial charge in [-0.25, -0.2) is 0 Å². The molecule has 2 aliphatic rings. The van der Waals surface area contributed by atoms with E-state index < -0.39 is 0 Å². The molecule has 0 bridgehead atoms. The van der Waals surface area contributed by atoms with Crippen LogP contribution >= 0.6 is 0 Å². The standard InChI is InChI=1S/C14H26N2O/c1-10-6-11(2)8-13(7-10)16-14(17)12-4-3-5-15-9-12/h10-13,15H,3-9H2,1-2H3,(H,16,17)/t10?,11?,12-,13?/m0/s1. The van der Waals surface area contributed by atoms with Crippen LogP contribution in [-0.2, 0) is 4.79 Å². The maximum absolute atomic E-state index is 12.1. The van der Waals surface area contributed by atoms with E-state index in [0.29, 0.717) is 6.04 Å². The molecule has 0 spiro atoms. The van der Waals surface area contributed by atoms with Gasteiger partial charge >= 0.3 is 0 Å². The molecule has 0 aromatic carbocycles. The Hall–Kier alpha value is -0.570. The molecule has 1 saturated carbocycles. The Morgan fingerprint density at radius 1 is 1.18 bits per heavy atom. The van der Waals surface area contributed by atoms with Crippen LogP contribution in [0.3, 0.4) is 0 Å². The minimum Gasteiger partial charge on any atom is -0.353 e. The van der Waals surface area contributed by atoms with Crippen molar-refractivity contribution in [1.82, 2.24) is 10.6 Å². The van der Waals surface area contributed by atoms with Crippen LogP contribution in [0.2, 0.25) is 0 Å². The topological polar surface area (TPSA) is 41.1 Å². The average Bonchev–Trinajstić information content (AvgIpc) is 2.28. The third-order valence-electron chi connectivity index (χ3n) is 4.19. The number of rotatable bonds is 2. The maximum Gasteiger partial charge on any atom is 0.224 e. The second-order valence-electron chi connectivity index (χ2n) is 6.17. The molecule has 3 heteroatoms. The molecule has 2 rings (SSSR count). The van der Waals surface area contributed by atoms with Crippen molar-refractivity contribution in [2.24, 2.45) is 17.8 Å². The highest BCUT2D eigenvalue weighted by atomic mass is 16.2. The first-order valence-corrected chi connectivity index (χ1v) is 7.16. The third kappa shape index (κ3) is 3.70. The summed E-state index contributed by atoms with van der Waals surface area (Å²) >= 11 is 0. The van der Waals surface area contributed by atoms with Crippen molar-refractivity contribution >= 4 is 5.91 Å². The Morgan fingerprint density at radius 2 is 1.88 bits per heavy atom. The highest BCUT2D eigenvalue weighted by molar-refractivity contribution is 5.79. The van der Waals surface area contributed by atoms with E-state index in [1.54, 1.807) is 0 Å². The lowest BCUT2D eigenvalue weighted by Gasteiger charge is -2.33. The minimum absolute atomic E-state index is 0.205. The maximum atomic E-state index is 12.1. The summed E-state index contributed by atoms with van der Waals surface area (Å²) in [4.78, 5) is 12.1. The number of amides is 1. The van der Waals surface area contributed by atoms with Gasteiger partial charge in [0, 0.05) is 12.6 Å². The van der Waals surface area contributed by atoms with Crippen LogP contribution < -0.4 is 10.6 Å². The van der Waals surface area contributed by atoms with E-state index in [4.69, 9.17) is 0 Å². The largest absolute Gasteiger partial charge is 0.353 e. The Labute approximate surface area is 105 Å². The van der Waals surface area contributed by atoms with Crippen molar-refractivity contribution in [1.29, 1.82) is 0 Å². The van der Waals surface area contributed by atoms with Crippen LogP contribution in [0.15, 0.2) is 0 Å². The van der Waals surface area contributed by atoms with E-state index >= 15 is 0 Å². The predicted molar refractivity (Wildman–Crippen MR) is 69.7 cm³/mol. The summed E-state index contributed by atoms with van der Waals surface area (Å²) in [5.74, 6) is 2.00. The number of hydrogen-bond acceptors (Lipinski definition) is 2. The van der Waals surface area contributed by atoms with Crippen molar-refractivity contribution in [3.63, 3.8) is 0 Å². The molecule has 1 heterocycles. The van der Waals surface area contributed by atoms with Crippen LogP contribution in [0.4, 0.5) is 0 Å². The molecular formula is C14H26N2O. The number of carbonyl (C=O) groups is 1. The van der Waals surface area contributed by atoms with E-state index in [-0.39, 0.29) is 11.8 Å². The highest BCUT2D eigenvalue weighted by Crippen LogP contribution is 2.28. The van der Waals surface area contributed by atoms with Crippen molar-refractivity contribution in [2.45, 2.75) is 52.0 Å². The van der Waals surface area contributed by atoms with Crippen LogP contribution in [-0.4, -0.2) is 25.0 Å². The Bertz CT molecular complexity index is 251. The molecule has 2 unspecified atom stereocenters. The van der Waals surface area contributed by atoms with Gasteiger partial charge in [-0.15, -0.1) is 0 Å². The summed E-state index contributed by atoms with van der Waals surface area (Å²) in [6.07, 6.45) is 5.83. The van der Waals surface area contributed by atoms with Gasteiger partial charge in [0.05, 0.1) is 5.92 Å². The SMILES string of the molecule is CC1CC(C)CC(NC(=O)[C@H]2CCCNC2)C1. The first-order chi connectivity index (χ1) is 8.15. The van der Waals surface area contributed by atoms with Crippen LogP contribution in [0.1, 0.15) is 46.0 Å². The molecule has 2 fully saturated rings. The Morgan fingerprint density at radius 3 is 2.47 bits per heavy atom. The summed E-state index contributed by atoms with van der Waals surface area (Å²) in [5, 5.41) is 6.58. The summed E-state index contributed by atoms with van der Waals surface area (Å²) in [5.41, 5.74) is 0. The monoisotopic (exact) mass is 238 g/mol. The van der Waals surface area contributed by atoms with Crippen LogP contribution in [0.5, 0.6) is 0 Å². The van der Waals surface area contributed by atoms with Gasteiger partial charge in [0.15, 0.2) is 0 Å². The summed E-state index contributed by atoms with van der Waals surface area (Å²) in [7, 11) is 0. The Balaban J connectivity index is 1.80. The number of nitrogens with one attached hydrogen (secondary N) is 2. The molecule has 1 aliphatic carbocycles. The lowest BCUT2D eigenvalue weighted by atomic mass is 9.80. The lowest BCUT2D eigenvalue weighted by Crippen LogP contribution is -2.46. The number of hydrogen-bond donors (Lipinski definition) is 2. The van der Waals surface area contributed by atoms with E-state index in [1.807, 2.05) is 0 Å². The van der Waals surface area contributed by atoms with Gasteiger partial charge in [0.25, 0.3) is 0 Å². The van der Waals surface area contributed by atoms with Gasteiger partial charge in [0.1, 0.15) is 0 Å². The van der Waals surface area contributed by atoms with Crippen molar-refractivity contribution in [2.75, 3.05) is 13.1 Å². The molecule has 0 radical (unpaired) electrons. The second-order valence-corrected chi connectivity index (χ2v) is 6.17. The zero-order valence-corrected chi connectivity index (χ0v) is 11.2. The molecule has 2 N–H and O–H groups in total. The minimum atomic E-state index is 0.205. The fourth-order valence-corrected chi connectivity index (χ4v) is 3.46. The molecule has 0 aromatic rings. The van der Waals surface area contributed by atoms with Gasteiger partial charge in [0.2, 0.25) is 5.91 Å². The smallest absolute Gasteiger partial charge is 0.224 e. The fraction of sp³-hybridized carbons (Fsp3) is 0.929. The number of carbonyl (C=O) groups excluding carboxylic acids is 1. The molecule has 17 heavy (non-hydrogen) atoms. The molecule has 1 amide bonds. The highest BCUT2D eigenvalue weighted by Gasteiger charge is 2.28. The molecular weight excluding hydrogens is 212 g/mol. The van der Waals surface area contributed by atoms with E-state index in [0.717, 1.165) is 50.6 Å². The second kappa shape index (κ2) is 5.85. The first-order valence-electron chi connectivity index (χ1n) is 7.16. The predicted octanol–water partition coefficient (Wildman–Crippen LogP) is 1.93. The average molecular weight is 238 g/mol. The van der Waals surface area contributed by atoms with Gasteiger partial charge < -0.3 is 10.6 Å². The van der Waals surface area contributed by atoms with Crippen LogP contribution in [0.25, 0.3) is 0 Å². The molecule has 3 nitrogen and oxygen atoms in total. The van der Waals surface area contributed by atoms with Crippen molar-refractivity contribution in [3.05, 3.63) is 0 Å².